The van der Waals surface area contributed by atoms with Crippen LogP contribution >= 0.6 is 27.4 Å². The van der Waals surface area contributed by atoms with Crippen molar-refractivity contribution in [2.24, 2.45) is 0 Å². The molecule has 31 heavy (non-hydrogen) atoms. The van der Waals surface area contributed by atoms with Gasteiger partial charge in [-0.1, -0.05) is 30.0 Å². The van der Waals surface area contributed by atoms with E-state index in [1.54, 1.807) is 48.6 Å². The number of nitrogens with zero attached hydrogens (tertiary/aromatic N) is 3. The number of nitrogens with two attached hydrogens (primary N) is 1. The second kappa shape index (κ2) is 10.9. The predicted octanol–water partition coefficient (Wildman–Crippen LogP) is 2.15. The van der Waals surface area contributed by atoms with Crippen LogP contribution in [0, 0.1) is 6.92 Å². The monoisotopic (exact) mass is 494 g/mol. The Morgan fingerprint density at radius 3 is 2.61 bits per heavy atom. The molecule has 0 radical (unpaired) electrons. The average Bonchev–Trinajstić information content (AvgIpc) is 2.68. The minimum Gasteiger partial charge on any atom is -0.383 e. The van der Waals surface area contributed by atoms with Gasteiger partial charge in [-0.2, -0.15) is 4.31 Å². The third-order valence-electron chi connectivity index (χ3n) is 4.04. The van der Waals surface area contributed by atoms with E-state index in [0.717, 1.165) is 11.8 Å². The van der Waals surface area contributed by atoms with Crippen LogP contribution < -0.4 is 5.73 Å². The maximum Gasteiger partial charge on any atom is 0.481 e. The van der Waals surface area contributed by atoms with Crippen LogP contribution in [0.1, 0.15) is 24.7 Å². The number of thioether (sulfide) groups is 1. The van der Waals surface area contributed by atoms with E-state index in [9.17, 15) is 19.1 Å². The van der Waals surface area contributed by atoms with Crippen molar-refractivity contribution in [2.75, 3.05) is 12.3 Å². The van der Waals surface area contributed by atoms with Gasteiger partial charge < -0.3 is 30.4 Å². The first-order chi connectivity index (χ1) is 14.4. The molecule has 2 atom stereocenters. The summed E-state index contributed by atoms with van der Waals surface area (Å²) in [7, 11) is -10.1. The van der Waals surface area contributed by atoms with Gasteiger partial charge in [-0.05, 0) is 31.2 Å². The molecular weight excluding hydrogens is 470 g/mol. The molecular formula is C16H24N4O8P2S. The van der Waals surface area contributed by atoms with Gasteiger partial charge in [0.05, 0.1) is 13.2 Å². The highest BCUT2D eigenvalue weighted by Crippen LogP contribution is 2.57. The number of allylic oxidation sites excluding steroid dienone is 4. The minimum absolute atomic E-state index is 0.0823. The number of anilines is 1. The van der Waals surface area contributed by atoms with Crippen LogP contribution in [-0.2, 0) is 24.5 Å². The van der Waals surface area contributed by atoms with Crippen LogP contribution in [0.4, 0.5) is 5.82 Å². The van der Waals surface area contributed by atoms with Crippen LogP contribution in [0.25, 0.3) is 0 Å². The highest BCUT2D eigenvalue weighted by atomic mass is 32.2. The van der Waals surface area contributed by atoms with Gasteiger partial charge in [0, 0.05) is 17.5 Å². The highest BCUT2D eigenvalue weighted by Gasteiger charge is 2.32. The van der Waals surface area contributed by atoms with Gasteiger partial charge in [-0.15, -0.1) is 0 Å². The summed E-state index contributed by atoms with van der Waals surface area (Å²) in [6.45, 7) is 3.27. The molecule has 172 valence electrons. The van der Waals surface area contributed by atoms with Crippen molar-refractivity contribution in [1.82, 2.24) is 14.9 Å². The molecule has 1 unspecified atom stereocenters. The molecule has 1 aromatic heterocycles. The van der Waals surface area contributed by atoms with E-state index in [0.29, 0.717) is 22.7 Å². The van der Waals surface area contributed by atoms with Crippen LogP contribution in [0.3, 0.4) is 0 Å². The second-order valence-electron chi connectivity index (χ2n) is 6.34. The molecule has 0 amide bonds. The Bertz CT molecular complexity index is 980. The maximum absolute atomic E-state index is 11.6. The van der Waals surface area contributed by atoms with Crippen LogP contribution in [0.15, 0.2) is 41.1 Å². The predicted molar refractivity (Wildman–Crippen MR) is 115 cm³/mol. The number of aliphatic hydroxyl groups is 1. The Morgan fingerprint density at radius 2 is 1.97 bits per heavy atom. The third kappa shape index (κ3) is 8.49. The lowest BCUT2D eigenvalue weighted by molar-refractivity contribution is 0.0989. The molecule has 0 aliphatic carbocycles. The van der Waals surface area contributed by atoms with Crippen molar-refractivity contribution in [3.8, 4) is 0 Å². The Kier molecular flexibility index (Phi) is 9.02. The van der Waals surface area contributed by atoms with E-state index in [2.05, 4.69) is 18.8 Å². The number of phosphoric acid groups is 2. The van der Waals surface area contributed by atoms with E-state index in [4.69, 9.17) is 15.5 Å². The van der Waals surface area contributed by atoms with E-state index < -0.39 is 21.2 Å². The lowest BCUT2D eigenvalue weighted by atomic mass is 10.1. The molecule has 12 nitrogen and oxygen atoms in total. The molecule has 0 saturated carbocycles. The normalized spacial score (nSPS) is 24.1. The molecule has 0 spiro atoms. The lowest BCUT2D eigenvalue weighted by Crippen LogP contribution is -2.31. The quantitative estimate of drug-likeness (QED) is 0.331. The van der Waals surface area contributed by atoms with Crippen molar-refractivity contribution in [3.05, 3.63) is 52.5 Å². The van der Waals surface area contributed by atoms with Gasteiger partial charge in [0.25, 0.3) is 0 Å². The summed E-state index contributed by atoms with van der Waals surface area (Å²) in [6, 6.07) is 0. The summed E-state index contributed by atoms with van der Waals surface area (Å²) in [4.78, 5) is 36.7. The number of aliphatic hydroxyl groups excluding tert-OH is 1. The van der Waals surface area contributed by atoms with E-state index in [1.165, 1.54) is 0 Å². The second-order valence-corrected chi connectivity index (χ2v) is 10.1. The van der Waals surface area contributed by atoms with Gasteiger partial charge in [-0.3, -0.25) is 4.52 Å². The van der Waals surface area contributed by atoms with Crippen molar-refractivity contribution in [2.45, 2.75) is 32.4 Å². The lowest BCUT2D eigenvalue weighted by Gasteiger charge is -2.31. The Labute approximate surface area is 183 Å². The molecule has 1 aliphatic rings. The number of aryl methyl sites for hydroxylation is 1. The molecule has 6 N–H and O–H groups in total. The summed E-state index contributed by atoms with van der Waals surface area (Å²) in [5.74, 6) is 0.798. The molecule has 1 aliphatic heterocycles. The van der Waals surface area contributed by atoms with E-state index in [1.807, 2.05) is 0 Å². The van der Waals surface area contributed by atoms with Crippen molar-refractivity contribution in [1.29, 1.82) is 0 Å². The van der Waals surface area contributed by atoms with Crippen LogP contribution in [0.5, 0.6) is 0 Å². The van der Waals surface area contributed by atoms with E-state index in [-0.39, 0.29) is 25.4 Å². The molecule has 0 bridgehead atoms. The topological polar surface area (TPSA) is 189 Å². The van der Waals surface area contributed by atoms with Crippen LogP contribution in [0.2, 0.25) is 0 Å². The fourth-order valence-corrected chi connectivity index (χ4v) is 4.87. The molecule has 2 rings (SSSR count). The summed E-state index contributed by atoms with van der Waals surface area (Å²) in [5.41, 5.74) is 6.85. The molecule has 15 heteroatoms. The zero-order valence-corrected chi connectivity index (χ0v) is 19.3. The average molecular weight is 494 g/mol. The number of nitrogen functional groups attached to an aromatic ring is 1. The standard InChI is InChI=1S/C16H24N4O8P2S/c1-11-13(6-7-27-30(25,26)28-29(22,23)24)5-3-4-8-31-16(21)20(11)10-14-9-18-12(2)19-15(14)17/h3-5,8-9,16,21H,6-7,10H2,1-2H3,(H,25,26)(H2,17,18,19)(H2,22,23,24)/b5-3-,8-4-,13-11+/t16-/m0/s1. The van der Waals surface area contributed by atoms with Crippen molar-refractivity contribution in [3.63, 3.8) is 0 Å². The van der Waals surface area contributed by atoms with Crippen LogP contribution in [-0.4, -0.2) is 46.8 Å². The van der Waals surface area contributed by atoms with Gasteiger partial charge in [0.1, 0.15) is 11.6 Å². The fraction of sp³-hybridized carbons (Fsp3) is 0.375. The minimum atomic E-state index is -5.20. The molecule has 0 aromatic carbocycles. The van der Waals surface area contributed by atoms with E-state index >= 15 is 0 Å². The zero-order chi connectivity index (χ0) is 23.2. The van der Waals surface area contributed by atoms with Crippen molar-refractivity contribution >= 4 is 33.2 Å². The zero-order valence-electron chi connectivity index (χ0n) is 16.7. The van der Waals surface area contributed by atoms with Crippen molar-refractivity contribution < 1.29 is 37.8 Å². The summed E-state index contributed by atoms with van der Waals surface area (Å²) < 4.78 is 30.8. The number of aromatic nitrogens is 2. The van der Waals surface area contributed by atoms with Gasteiger partial charge in [0.15, 0.2) is 5.56 Å². The molecule has 0 saturated heterocycles. The highest BCUT2D eigenvalue weighted by molar-refractivity contribution is 8.02. The number of hydrogen-bond acceptors (Lipinski definition) is 10. The number of phosphoric ester groups is 1. The fourth-order valence-electron chi connectivity index (χ4n) is 2.58. The largest absolute Gasteiger partial charge is 0.481 e. The first kappa shape index (κ1) is 25.7. The Hall–Kier alpha value is -1.53. The number of rotatable bonds is 8. The smallest absolute Gasteiger partial charge is 0.383 e. The first-order valence-electron chi connectivity index (χ1n) is 8.83. The summed E-state index contributed by atoms with van der Waals surface area (Å²) >= 11 is 1.15. The summed E-state index contributed by atoms with van der Waals surface area (Å²) in [5, 5.41) is 12.3. The molecule has 1 aromatic rings. The third-order valence-corrected chi connectivity index (χ3v) is 7.04. The van der Waals surface area contributed by atoms with Gasteiger partial charge >= 0.3 is 15.6 Å². The SMILES string of the molecule is C/C1=C(CCOP(=O)(O)OP(=O)(O)O)/C=C\C=C/S[C@H](O)N1Cc1cnc(C)nc1N. The summed E-state index contributed by atoms with van der Waals surface area (Å²) in [6.07, 6.45) is 6.81. The maximum atomic E-state index is 11.6. The Morgan fingerprint density at radius 1 is 1.26 bits per heavy atom. The first-order valence-corrected chi connectivity index (χ1v) is 12.8. The number of hydrogen-bond donors (Lipinski definition) is 5. The molecule has 0 fully saturated rings. The van der Waals surface area contributed by atoms with Gasteiger partial charge in [0.2, 0.25) is 0 Å². The van der Waals surface area contributed by atoms with Gasteiger partial charge in [-0.25, -0.2) is 19.1 Å². The Balaban J connectivity index is 2.24. The molecule has 2 heterocycles.